The molecule has 0 aliphatic carbocycles. The molecule has 0 spiro atoms. The van der Waals surface area contributed by atoms with Crippen molar-refractivity contribution in [1.29, 1.82) is 5.26 Å². The van der Waals surface area contributed by atoms with E-state index < -0.39 is 11.9 Å². The number of thioether (sulfide) groups is 1. The second kappa shape index (κ2) is 7.15. The monoisotopic (exact) mass is 248 g/mol. The summed E-state index contributed by atoms with van der Waals surface area (Å²) in [5, 5.41) is 11.2. The maximum atomic E-state index is 11.1. The van der Waals surface area contributed by atoms with Crippen LogP contribution < -0.4 is 5.32 Å². The molecule has 0 saturated carbocycles. The van der Waals surface area contributed by atoms with Gasteiger partial charge < -0.3 is 10.1 Å². The zero-order valence-electron chi connectivity index (χ0n) is 8.17. The molecule has 0 saturated heterocycles. The zero-order chi connectivity index (χ0) is 11.8. The van der Waals surface area contributed by atoms with Gasteiger partial charge in [-0.2, -0.15) is 5.26 Å². The fourth-order valence-corrected chi connectivity index (χ4v) is 1.28. The summed E-state index contributed by atoms with van der Waals surface area (Å²) in [6.45, 7) is 0. The molecule has 1 amide bonds. The number of nitrogens with zero attached hydrogens (tertiary/aromatic N) is 1. The van der Waals surface area contributed by atoms with Crippen LogP contribution in [0.2, 0.25) is 0 Å². The number of methoxy groups -OCH3 is 1. The molecule has 7 heteroatoms. The minimum absolute atomic E-state index is 0.134. The summed E-state index contributed by atoms with van der Waals surface area (Å²) in [7, 11) is 1.15. The van der Waals surface area contributed by atoms with Crippen molar-refractivity contribution in [3.8, 4) is 6.07 Å². The lowest BCUT2D eigenvalue weighted by atomic mass is 10.3. The fraction of sp³-hybridized carbons (Fsp3) is 0.375. The van der Waals surface area contributed by atoms with Gasteiger partial charge in [0.05, 0.1) is 7.11 Å². The number of hydrogen-bond acceptors (Lipinski definition) is 5. The number of esters is 1. The molecule has 0 heterocycles. The van der Waals surface area contributed by atoms with Crippen molar-refractivity contribution in [2.24, 2.45) is 0 Å². The Kier molecular flexibility index (Phi) is 6.58. The maximum absolute atomic E-state index is 11.1. The van der Waals surface area contributed by atoms with Crippen LogP contribution in [0.3, 0.4) is 0 Å². The summed E-state index contributed by atoms with van der Waals surface area (Å²) in [6.07, 6.45) is 1.62. The van der Waals surface area contributed by atoms with Crippen molar-refractivity contribution in [2.75, 3.05) is 19.2 Å². The van der Waals surface area contributed by atoms with Crippen molar-refractivity contribution in [1.82, 2.24) is 5.32 Å². The standard InChI is InChI=1S/C8H9ClN2O3S/c1-14-8(13)5(4-10)7(15-2)11-6(12)3-9/h3H2,1-2H3,(H,11,12)/b7-5-. The summed E-state index contributed by atoms with van der Waals surface area (Å²) in [4.78, 5) is 22.1. The van der Waals surface area contributed by atoms with Crippen LogP contribution >= 0.6 is 23.4 Å². The van der Waals surface area contributed by atoms with Gasteiger partial charge in [-0.3, -0.25) is 4.79 Å². The number of nitrogens with one attached hydrogen (secondary N) is 1. The molecule has 0 atom stereocenters. The molecule has 0 unspecified atom stereocenters. The first-order chi connectivity index (χ1) is 7.10. The van der Waals surface area contributed by atoms with Gasteiger partial charge in [-0.15, -0.1) is 23.4 Å². The average Bonchev–Trinajstić information content (AvgIpc) is 2.27. The van der Waals surface area contributed by atoms with Crippen LogP contribution in [0, 0.1) is 11.3 Å². The van der Waals surface area contributed by atoms with Crippen LogP contribution in [-0.2, 0) is 14.3 Å². The predicted octanol–water partition coefficient (Wildman–Crippen LogP) is 0.613. The Balaban J connectivity index is 5.01. The summed E-state index contributed by atoms with van der Waals surface area (Å²) in [5.74, 6) is -1.53. The third-order valence-electron chi connectivity index (χ3n) is 1.31. The van der Waals surface area contributed by atoms with Gasteiger partial charge in [0.2, 0.25) is 5.91 Å². The summed E-state index contributed by atoms with van der Waals surface area (Å²) < 4.78 is 4.38. The van der Waals surface area contributed by atoms with Crippen LogP contribution in [0.25, 0.3) is 0 Å². The molecule has 0 aliphatic rings. The normalized spacial score (nSPS) is 11.1. The van der Waals surface area contributed by atoms with E-state index in [1.54, 1.807) is 12.3 Å². The van der Waals surface area contributed by atoms with E-state index in [4.69, 9.17) is 16.9 Å². The second-order valence-electron chi connectivity index (χ2n) is 2.19. The number of alkyl halides is 1. The highest BCUT2D eigenvalue weighted by Crippen LogP contribution is 2.14. The number of rotatable bonds is 4. The Labute approximate surface area is 96.4 Å². The first-order valence-corrected chi connectivity index (χ1v) is 5.49. The van der Waals surface area contributed by atoms with E-state index in [1.165, 1.54) is 0 Å². The van der Waals surface area contributed by atoms with Crippen molar-refractivity contribution >= 4 is 35.2 Å². The molecule has 15 heavy (non-hydrogen) atoms. The van der Waals surface area contributed by atoms with Gasteiger partial charge in [0.25, 0.3) is 0 Å². The largest absolute Gasteiger partial charge is 0.465 e. The minimum Gasteiger partial charge on any atom is -0.465 e. The van der Waals surface area contributed by atoms with E-state index >= 15 is 0 Å². The van der Waals surface area contributed by atoms with E-state index in [1.807, 2.05) is 0 Å². The molecule has 0 fully saturated rings. The summed E-state index contributed by atoms with van der Waals surface area (Å²) >= 11 is 6.33. The molecule has 0 bridgehead atoms. The molecule has 1 N–H and O–H groups in total. The number of halogens is 1. The highest BCUT2D eigenvalue weighted by molar-refractivity contribution is 8.02. The van der Waals surface area contributed by atoms with Gasteiger partial charge in [-0.1, -0.05) is 0 Å². The first kappa shape index (κ1) is 13.8. The van der Waals surface area contributed by atoms with E-state index in [0.717, 1.165) is 18.9 Å². The highest BCUT2D eigenvalue weighted by atomic mass is 35.5. The van der Waals surface area contributed by atoms with Gasteiger partial charge in [0.15, 0.2) is 5.57 Å². The van der Waals surface area contributed by atoms with Gasteiger partial charge >= 0.3 is 5.97 Å². The summed E-state index contributed by atoms with van der Waals surface area (Å²) in [6, 6.07) is 1.66. The average molecular weight is 249 g/mol. The molecule has 0 aliphatic heterocycles. The lowest BCUT2D eigenvalue weighted by molar-refractivity contribution is -0.135. The number of carbonyl (C=O) groups excluding carboxylic acids is 2. The number of ether oxygens (including phenoxy) is 1. The van der Waals surface area contributed by atoms with Crippen molar-refractivity contribution in [3.63, 3.8) is 0 Å². The lowest BCUT2D eigenvalue weighted by Crippen LogP contribution is -2.25. The van der Waals surface area contributed by atoms with Crippen LogP contribution in [-0.4, -0.2) is 31.1 Å². The molecular weight excluding hydrogens is 240 g/mol. The Morgan fingerprint density at radius 2 is 2.20 bits per heavy atom. The van der Waals surface area contributed by atoms with Crippen molar-refractivity contribution in [2.45, 2.75) is 0 Å². The Morgan fingerprint density at radius 1 is 1.60 bits per heavy atom. The molecule has 0 aromatic heterocycles. The van der Waals surface area contributed by atoms with E-state index in [9.17, 15) is 9.59 Å². The smallest absolute Gasteiger partial charge is 0.351 e. The fourth-order valence-electron chi connectivity index (χ4n) is 0.667. The number of nitriles is 1. The second-order valence-corrected chi connectivity index (χ2v) is 3.28. The molecule has 0 rings (SSSR count). The molecule has 0 aromatic carbocycles. The molecular formula is C8H9ClN2O3S. The minimum atomic E-state index is -0.795. The number of carbonyl (C=O) groups is 2. The Morgan fingerprint density at radius 3 is 2.53 bits per heavy atom. The molecule has 0 aromatic rings. The van der Waals surface area contributed by atoms with Crippen molar-refractivity contribution < 1.29 is 14.3 Å². The third-order valence-corrected chi connectivity index (χ3v) is 2.26. The van der Waals surface area contributed by atoms with Gasteiger partial charge in [-0.25, -0.2) is 4.79 Å². The van der Waals surface area contributed by atoms with Crippen LogP contribution in [0.5, 0.6) is 0 Å². The molecule has 0 radical (unpaired) electrons. The lowest BCUT2D eigenvalue weighted by Gasteiger charge is -2.07. The Hall–Kier alpha value is -1.19. The van der Waals surface area contributed by atoms with E-state index in [-0.39, 0.29) is 16.5 Å². The predicted molar refractivity (Wildman–Crippen MR) is 57.0 cm³/mol. The maximum Gasteiger partial charge on any atom is 0.351 e. The van der Waals surface area contributed by atoms with Crippen LogP contribution in [0.4, 0.5) is 0 Å². The first-order valence-electron chi connectivity index (χ1n) is 3.73. The van der Waals surface area contributed by atoms with Gasteiger partial charge in [0, 0.05) is 0 Å². The number of amides is 1. The SMILES string of the molecule is COC(=O)/C(C#N)=C(/NC(=O)CCl)SC. The summed E-state index contributed by atoms with van der Waals surface area (Å²) in [5.41, 5.74) is -0.247. The topological polar surface area (TPSA) is 79.2 Å². The van der Waals surface area contributed by atoms with Gasteiger partial charge in [-0.05, 0) is 6.26 Å². The van der Waals surface area contributed by atoms with Crippen molar-refractivity contribution in [3.05, 3.63) is 10.6 Å². The third kappa shape index (κ3) is 4.23. The molecule has 82 valence electrons. The number of hydrogen-bond donors (Lipinski definition) is 1. The highest BCUT2D eigenvalue weighted by Gasteiger charge is 2.16. The quantitative estimate of drug-likeness (QED) is 0.341. The molecule has 5 nitrogen and oxygen atoms in total. The van der Waals surface area contributed by atoms with E-state index in [2.05, 4.69) is 10.1 Å². The van der Waals surface area contributed by atoms with Crippen LogP contribution in [0.15, 0.2) is 10.6 Å². The van der Waals surface area contributed by atoms with E-state index in [0.29, 0.717) is 0 Å². The zero-order valence-corrected chi connectivity index (χ0v) is 9.74. The van der Waals surface area contributed by atoms with Crippen LogP contribution in [0.1, 0.15) is 0 Å². The Bertz CT molecular complexity index is 335. The van der Waals surface area contributed by atoms with Gasteiger partial charge in [0.1, 0.15) is 17.0 Å².